The molecule has 0 unspecified atom stereocenters. The van der Waals surface area contributed by atoms with Gasteiger partial charge >= 0.3 is 5.97 Å². The molecule has 1 fully saturated rings. The summed E-state index contributed by atoms with van der Waals surface area (Å²) in [7, 11) is 0. The zero-order valence-corrected chi connectivity index (χ0v) is 14.4. The topological polar surface area (TPSA) is 55.4 Å². The van der Waals surface area contributed by atoms with Gasteiger partial charge in [-0.15, -0.1) is 0 Å². The molecule has 2 aromatic carbocycles. The van der Waals surface area contributed by atoms with Gasteiger partial charge in [-0.25, -0.2) is 4.79 Å². The van der Waals surface area contributed by atoms with E-state index in [0.29, 0.717) is 5.56 Å². The fourth-order valence-corrected chi connectivity index (χ4v) is 2.88. The van der Waals surface area contributed by atoms with Crippen LogP contribution in [0.25, 0.3) is 0 Å². The van der Waals surface area contributed by atoms with Gasteiger partial charge in [0.15, 0.2) is 0 Å². The zero-order chi connectivity index (χ0) is 17.5. The predicted octanol–water partition coefficient (Wildman–Crippen LogP) is 3.86. The molecule has 1 aliphatic carbocycles. The fraction of sp³-hybridized carbons (Fsp3) is 0.200. The quantitative estimate of drug-likeness (QED) is 0.467. The molecule has 0 aliphatic heterocycles. The summed E-state index contributed by atoms with van der Waals surface area (Å²) in [6, 6.07) is 19.0. The minimum atomic E-state index is -0.930. The van der Waals surface area contributed by atoms with E-state index >= 15 is 0 Å². The van der Waals surface area contributed by atoms with Crippen molar-refractivity contribution in [1.82, 2.24) is 5.32 Å². The second-order valence-corrected chi connectivity index (χ2v) is 6.72. The average Bonchev–Trinajstić information content (AvgIpc) is 3.45. The van der Waals surface area contributed by atoms with Crippen molar-refractivity contribution in [2.45, 2.75) is 29.9 Å². The van der Waals surface area contributed by atoms with Crippen LogP contribution in [0.1, 0.15) is 24.5 Å². The van der Waals surface area contributed by atoms with Gasteiger partial charge in [0, 0.05) is 22.6 Å². The van der Waals surface area contributed by atoms with Gasteiger partial charge in [-0.2, -0.15) is 0 Å². The summed E-state index contributed by atoms with van der Waals surface area (Å²) in [5.41, 5.74) is 0.665. The maximum atomic E-state index is 12.4. The van der Waals surface area contributed by atoms with Gasteiger partial charge in [0.1, 0.15) is 0 Å². The van der Waals surface area contributed by atoms with Crippen LogP contribution in [0.5, 0.6) is 0 Å². The Morgan fingerprint density at radius 3 is 2.32 bits per heavy atom. The lowest BCUT2D eigenvalue weighted by Crippen LogP contribution is -2.33. The molecule has 0 saturated heterocycles. The summed E-state index contributed by atoms with van der Waals surface area (Å²) in [6.07, 6.45) is 2.38. The lowest BCUT2D eigenvalue weighted by Gasteiger charge is -2.17. The standard InChI is InChI=1S/C20H19NO3S/c22-18(13-14-25-17-9-5-2-6-10-17)24-19(15-7-3-1-4-8-15)20(23)21-16-11-12-16/h1-10,13-14,16,19H,11-12H2,(H,21,23)/b14-13+/t19-/m0/s1. The first-order valence-corrected chi connectivity index (χ1v) is 9.04. The molecular weight excluding hydrogens is 334 g/mol. The minimum Gasteiger partial charge on any atom is -0.444 e. The van der Waals surface area contributed by atoms with E-state index in [-0.39, 0.29) is 11.9 Å². The molecule has 0 radical (unpaired) electrons. The minimum absolute atomic E-state index is 0.210. The SMILES string of the molecule is O=C(/C=C/Sc1ccccc1)O[C@H](C(=O)NC1CC1)c1ccccc1. The molecule has 4 nitrogen and oxygen atoms in total. The number of nitrogens with one attached hydrogen (secondary N) is 1. The van der Waals surface area contributed by atoms with Crippen molar-refractivity contribution < 1.29 is 14.3 Å². The zero-order valence-electron chi connectivity index (χ0n) is 13.6. The Balaban J connectivity index is 1.62. The Morgan fingerprint density at radius 2 is 1.68 bits per heavy atom. The smallest absolute Gasteiger partial charge is 0.332 e. The molecule has 2 aromatic rings. The normalized spacial score (nSPS) is 14.9. The molecular formula is C20H19NO3S. The number of amides is 1. The number of thioether (sulfide) groups is 1. The number of benzene rings is 2. The molecule has 0 aromatic heterocycles. The Bertz CT molecular complexity index is 742. The maximum Gasteiger partial charge on any atom is 0.332 e. The van der Waals surface area contributed by atoms with Crippen molar-refractivity contribution in [3.63, 3.8) is 0 Å². The van der Waals surface area contributed by atoms with Crippen LogP contribution in [0.2, 0.25) is 0 Å². The summed E-state index contributed by atoms with van der Waals surface area (Å²) >= 11 is 1.42. The highest BCUT2D eigenvalue weighted by molar-refractivity contribution is 8.02. The molecule has 25 heavy (non-hydrogen) atoms. The van der Waals surface area contributed by atoms with Crippen molar-refractivity contribution in [3.05, 3.63) is 77.7 Å². The fourth-order valence-electron chi connectivity index (χ4n) is 2.23. The maximum absolute atomic E-state index is 12.4. The predicted molar refractivity (Wildman–Crippen MR) is 97.9 cm³/mol. The number of hydrogen-bond donors (Lipinski definition) is 1. The molecule has 3 rings (SSSR count). The highest BCUT2D eigenvalue weighted by Gasteiger charge is 2.30. The van der Waals surface area contributed by atoms with Crippen LogP contribution in [0, 0.1) is 0 Å². The summed E-state index contributed by atoms with van der Waals surface area (Å²) in [5, 5.41) is 4.56. The highest BCUT2D eigenvalue weighted by Crippen LogP contribution is 2.24. The molecule has 1 N–H and O–H groups in total. The van der Waals surface area contributed by atoms with E-state index < -0.39 is 12.1 Å². The van der Waals surface area contributed by atoms with E-state index in [9.17, 15) is 9.59 Å². The Morgan fingerprint density at radius 1 is 1.04 bits per heavy atom. The van der Waals surface area contributed by atoms with Crippen LogP contribution in [0.3, 0.4) is 0 Å². The van der Waals surface area contributed by atoms with Crippen LogP contribution in [-0.4, -0.2) is 17.9 Å². The van der Waals surface area contributed by atoms with E-state index in [1.165, 1.54) is 17.8 Å². The molecule has 128 valence electrons. The molecule has 1 atom stereocenters. The van der Waals surface area contributed by atoms with E-state index in [2.05, 4.69) is 5.32 Å². The van der Waals surface area contributed by atoms with Crippen LogP contribution >= 0.6 is 11.8 Å². The van der Waals surface area contributed by atoms with Gasteiger partial charge in [-0.05, 0) is 30.4 Å². The molecule has 1 aliphatic rings. The van der Waals surface area contributed by atoms with Crippen LogP contribution in [0.15, 0.2) is 77.0 Å². The summed E-state index contributed by atoms with van der Waals surface area (Å²) in [4.78, 5) is 25.6. The molecule has 0 heterocycles. The number of rotatable bonds is 7. The molecule has 1 amide bonds. The third-order valence-corrected chi connectivity index (χ3v) is 4.47. The van der Waals surface area contributed by atoms with Crippen LogP contribution in [-0.2, 0) is 14.3 Å². The first-order valence-electron chi connectivity index (χ1n) is 8.16. The number of hydrogen-bond acceptors (Lipinski definition) is 4. The Hall–Kier alpha value is -2.53. The van der Waals surface area contributed by atoms with Crippen LogP contribution in [0.4, 0.5) is 0 Å². The van der Waals surface area contributed by atoms with E-state index in [1.807, 2.05) is 48.5 Å². The van der Waals surface area contributed by atoms with Gasteiger partial charge in [0.2, 0.25) is 6.10 Å². The monoisotopic (exact) mass is 353 g/mol. The van der Waals surface area contributed by atoms with Crippen LogP contribution < -0.4 is 5.32 Å². The van der Waals surface area contributed by atoms with Gasteiger partial charge < -0.3 is 10.1 Å². The van der Waals surface area contributed by atoms with E-state index in [4.69, 9.17) is 4.74 Å². The second kappa shape index (κ2) is 8.53. The van der Waals surface area contributed by atoms with E-state index in [1.54, 1.807) is 17.5 Å². The molecule has 1 saturated carbocycles. The third-order valence-electron chi connectivity index (χ3n) is 3.65. The summed E-state index contributed by atoms with van der Waals surface area (Å²) in [6.45, 7) is 0. The third kappa shape index (κ3) is 5.50. The Kier molecular flexibility index (Phi) is 5.90. The molecule has 0 spiro atoms. The number of carbonyl (C=O) groups is 2. The average molecular weight is 353 g/mol. The lowest BCUT2D eigenvalue weighted by molar-refractivity contribution is -0.152. The molecule has 5 heteroatoms. The van der Waals surface area contributed by atoms with Gasteiger partial charge in [-0.3, -0.25) is 4.79 Å². The van der Waals surface area contributed by atoms with Crippen molar-refractivity contribution in [1.29, 1.82) is 0 Å². The second-order valence-electron chi connectivity index (χ2n) is 5.74. The van der Waals surface area contributed by atoms with Gasteiger partial charge in [0.05, 0.1) is 0 Å². The first-order chi connectivity index (χ1) is 12.2. The number of esters is 1. The first kappa shape index (κ1) is 17.3. The Labute approximate surface area is 151 Å². The largest absolute Gasteiger partial charge is 0.444 e. The lowest BCUT2D eigenvalue weighted by atomic mass is 10.1. The summed E-state index contributed by atoms with van der Waals surface area (Å²) in [5.74, 6) is -0.811. The summed E-state index contributed by atoms with van der Waals surface area (Å²) < 4.78 is 5.41. The molecule has 0 bridgehead atoms. The van der Waals surface area contributed by atoms with Gasteiger partial charge in [0.25, 0.3) is 5.91 Å². The van der Waals surface area contributed by atoms with Crippen molar-refractivity contribution in [3.8, 4) is 0 Å². The number of ether oxygens (including phenoxy) is 1. The van der Waals surface area contributed by atoms with Crippen molar-refractivity contribution in [2.75, 3.05) is 0 Å². The number of carbonyl (C=O) groups excluding carboxylic acids is 2. The van der Waals surface area contributed by atoms with Gasteiger partial charge in [-0.1, -0.05) is 60.3 Å². The van der Waals surface area contributed by atoms with Crippen molar-refractivity contribution >= 4 is 23.6 Å². The van der Waals surface area contributed by atoms with Crippen molar-refractivity contribution in [2.24, 2.45) is 0 Å². The van der Waals surface area contributed by atoms with E-state index in [0.717, 1.165) is 17.7 Å². The highest BCUT2D eigenvalue weighted by atomic mass is 32.2.